The number of piperidine rings is 1. The van der Waals surface area contributed by atoms with Gasteiger partial charge < -0.3 is 10.5 Å². The summed E-state index contributed by atoms with van der Waals surface area (Å²) >= 11 is 0. The van der Waals surface area contributed by atoms with Crippen LogP contribution in [-0.2, 0) is 17.7 Å². The lowest BCUT2D eigenvalue weighted by molar-refractivity contribution is -0.00232. The van der Waals surface area contributed by atoms with Crippen LogP contribution in [0.25, 0.3) is 0 Å². The number of benzene rings is 2. The fourth-order valence-electron chi connectivity index (χ4n) is 4.44. The lowest BCUT2D eigenvalue weighted by Crippen LogP contribution is -2.42. The molecule has 0 aliphatic carbocycles. The van der Waals surface area contributed by atoms with Crippen molar-refractivity contribution in [1.29, 1.82) is 0 Å². The quantitative estimate of drug-likeness (QED) is 0.645. The molecule has 0 radical (unpaired) electrons. The Morgan fingerprint density at radius 3 is 2.25 bits per heavy atom. The van der Waals surface area contributed by atoms with E-state index in [0.29, 0.717) is 5.41 Å². The smallest absolute Gasteiger partial charge is 0.0523 e. The molecule has 2 aromatic rings. The van der Waals surface area contributed by atoms with Crippen molar-refractivity contribution in [1.82, 2.24) is 4.90 Å². The zero-order valence-corrected chi connectivity index (χ0v) is 17.8. The summed E-state index contributed by atoms with van der Waals surface area (Å²) in [5.74, 6) is 0. The molecular weight excluding hydrogens is 344 g/mol. The van der Waals surface area contributed by atoms with E-state index in [4.69, 9.17) is 10.5 Å². The molecule has 1 heterocycles. The van der Waals surface area contributed by atoms with Crippen LogP contribution in [0.4, 0.5) is 5.69 Å². The topological polar surface area (TPSA) is 38.5 Å². The lowest BCUT2D eigenvalue weighted by atomic mass is 9.74. The highest BCUT2D eigenvalue weighted by molar-refractivity contribution is 5.54. The second-order valence-electron chi connectivity index (χ2n) is 8.54. The predicted molar refractivity (Wildman–Crippen MR) is 119 cm³/mol. The van der Waals surface area contributed by atoms with Gasteiger partial charge in [0.2, 0.25) is 0 Å². The number of ether oxygens (including phenoxy) is 1. The van der Waals surface area contributed by atoms with Gasteiger partial charge in [0.25, 0.3) is 0 Å². The predicted octanol–water partition coefficient (Wildman–Crippen LogP) is 5.14. The highest BCUT2D eigenvalue weighted by Crippen LogP contribution is 2.37. The van der Waals surface area contributed by atoms with E-state index in [1.54, 1.807) is 0 Å². The van der Waals surface area contributed by atoms with Crippen molar-refractivity contribution in [3.05, 3.63) is 64.7 Å². The Labute approximate surface area is 170 Å². The van der Waals surface area contributed by atoms with Crippen molar-refractivity contribution >= 4 is 5.69 Å². The zero-order chi connectivity index (χ0) is 20.0. The van der Waals surface area contributed by atoms with Gasteiger partial charge in [0, 0.05) is 18.8 Å². The largest absolute Gasteiger partial charge is 0.398 e. The first-order valence-electron chi connectivity index (χ1n) is 10.7. The van der Waals surface area contributed by atoms with E-state index < -0.39 is 0 Å². The molecule has 1 fully saturated rings. The van der Waals surface area contributed by atoms with Crippen molar-refractivity contribution in [2.75, 3.05) is 32.0 Å². The highest BCUT2D eigenvalue weighted by atomic mass is 16.5. The van der Waals surface area contributed by atoms with Gasteiger partial charge in [-0.05, 0) is 87.2 Å². The summed E-state index contributed by atoms with van der Waals surface area (Å²) < 4.78 is 5.93. The molecule has 1 saturated heterocycles. The molecule has 152 valence electrons. The molecule has 3 nitrogen and oxygen atoms in total. The van der Waals surface area contributed by atoms with Gasteiger partial charge in [-0.2, -0.15) is 0 Å². The second-order valence-corrected chi connectivity index (χ2v) is 8.54. The summed E-state index contributed by atoms with van der Waals surface area (Å²) in [6.07, 6.45) is 4.79. The summed E-state index contributed by atoms with van der Waals surface area (Å²) in [6, 6.07) is 15.4. The Bertz CT molecular complexity index is 725. The maximum absolute atomic E-state index is 6.12. The second kappa shape index (κ2) is 9.58. The molecule has 0 atom stereocenters. The molecule has 28 heavy (non-hydrogen) atoms. The van der Waals surface area contributed by atoms with E-state index in [1.807, 2.05) is 0 Å². The third-order valence-corrected chi connectivity index (χ3v) is 6.38. The van der Waals surface area contributed by atoms with Crippen molar-refractivity contribution in [2.45, 2.75) is 53.0 Å². The molecule has 2 aromatic carbocycles. The summed E-state index contributed by atoms with van der Waals surface area (Å²) in [7, 11) is 0. The van der Waals surface area contributed by atoms with Crippen LogP contribution in [0.3, 0.4) is 0 Å². The maximum atomic E-state index is 6.12. The summed E-state index contributed by atoms with van der Waals surface area (Å²) in [6.45, 7) is 11.3. The SMILES string of the molecule is CCOCC1(CCc2ccccc2)CCN(Cc2cc(C)c(N)c(C)c2)CC1. The Morgan fingerprint density at radius 2 is 1.64 bits per heavy atom. The van der Waals surface area contributed by atoms with E-state index in [9.17, 15) is 0 Å². The van der Waals surface area contributed by atoms with E-state index in [-0.39, 0.29) is 0 Å². The van der Waals surface area contributed by atoms with E-state index in [1.165, 1.54) is 41.5 Å². The first-order valence-corrected chi connectivity index (χ1v) is 10.7. The van der Waals surface area contributed by atoms with Gasteiger partial charge in [0.1, 0.15) is 0 Å². The number of hydrogen-bond donors (Lipinski definition) is 1. The van der Waals surface area contributed by atoms with E-state index in [0.717, 1.165) is 45.0 Å². The number of aryl methyl sites for hydroxylation is 3. The highest BCUT2D eigenvalue weighted by Gasteiger charge is 2.34. The average Bonchev–Trinajstić information content (AvgIpc) is 2.71. The number of likely N-dealkylation sites (tertiary alicyclic amines) is 1. The summed E-state index contributed by atoms with van der Waals surface area (Å²) in [4.78, 5) is 2.59. The maximum Gasteiger partial charge on any atom is 0.0523 e. The van der Waals surface area contributed by atoms with Crippen LogP contribution >= 0.6 is 0 Å². The van der Waals surface area contributed by atoms with Gasteiger partial charge >= 0.3 is 0 Å². The van der Waals surface area contributed by atoms with Crippen LogP contribution in [0, 0.1) is 19.3 Å². The summed E-state index contributed by atoms with van der Waals surface area (Å²) in [5, 5.41) is 0. The first-order chi connectivity index (χ1) is 13.5. The average molecular weight is 381 g/mol. The van der Waals surface area contributed by atoms with Gasteiger partial charge in [0.15, 0.2) is 0 Å². The van der Waals surface area contributed by atoms with Crippen molar-refractivity contribution < 1.29 is 4.74 Å². The minimum Gasteiger partial charge on any atom is -0.398 e. The molecule has 0 unspecified atom stereocenters. The molecule has 0 aromatic heterocycles. The Balaban J connectivity index is 1.60. The molecule has 0 saturated carbocycles. The van der Waals surface area contributed by atoms with Crippen molar-refractivity contribution in [3.8, 4) is 0 Å². The molecule has 0 bridgehead atoms. The minimum atomic E-state index is 0.315. The van der Waals surface area contributed by atoms with Gasteiger partial charge in [-0.25, -0.2) is 0 Å². The first kappa shape index (κ1) is 20.9. The molecule has 0 spiro atoms. The standard InChI is InChI=1S/C25H36N2O/c1-4-28-19-25(11-10-22-8-6-5-7-9-22)12-14-27(15-13-25)18-23-16-20(2)24(26)21(3)17-23/h5-9,16-17H,4,10-15,18-19,26H2,1-3H3. The number of nitrogen functional groups attached to an aromatic ring is 1. The molecule has 1 aliphatic heterocycles. The molecule has 3 rings (SSSR count). The third kappa shape index (κ3) is 5.36. The van der Waals surface area contributed by atoms with Crippen molar-refractivity contribution in [2.24, 2.45) is 5.41 Å². The molecule has 2 N–H and O–H groups in total. The number of rotatable bonds is 8. The molecule has 0 amide bonds. The number of hydrogen-bond acceptors (Lipinski definition) is 3. The zero-order valence-electron chi connectivity index (χ0n) is 17.8. The Morgan fingerprint density at radius 1 is 1.00 bits per heavy atom. The normalized spacial score (nSPS) is 17.0. The number of nitrogens with zero attached hydrogens (tertiary/aromatic N) is 1. The van der Waals surface area contributed by atoms with Gasteiger partial charge in [-0.1, -0.05) is 42.5 Å². The molecular formula is C25H36N2O. The third-order valence-electron chi connectivity index (χ3n) is 6.38. The van der Waals surface area contributed by atoms with E-state index in [2.05, 4.69) is 68.1 Å². The van der Waals surface area contributed by atoms with Gasteiger partial charge in [-0.15, -0.1) is 0 Å². The monoisotopic (exact) mass is 380 g/mol. The van der Waals surface area contributed by atoms with Crippen LogP contribution in [0.1, 0.15) is 48.4 Å². The van der Waals surface area contributed by atoms with Crippen molar-refractivity contribution in [3.63, 3.8) is 0 Å². The molecule has 3 heteroatoms. The number of anilines is 1. The summed E-state index contributed by atoms with van der Waals surface area (Å²) in [5.41, 5.74) is 12.6. The lowest BCUT2D eigenvalue weighted by Gasteiger charge is -2.42. The van der Waals surface area contributed by atoms with E-state index >= 15 is 0 Å². The van der Waals surface area contributed by atoms with Crippen LogP contribution in [0.5, 0.6) is 0 Å². The Hall–Kier alpha value is -1.84. The van der Waals surface area contributed by atoms with Crippen LogP contribution in [0.2, 0.25) is 0 Å². The fourth-order valence-corrected chi connectivity index (χ4v) is 4.44. The molecule has 1 aliphatic rings. The van der Waals surface area contributed by atoms with Gasteiger partial charge in [0.05, 0.1) is 6.61 Å². The van der Waals surface area contributed by atoms with Gasteiger partial charge in [-0.3, -0.25) is 4.90 Å². The Kier molecular flexibility index (Phi) is 7.14. The minimum absolute atomic E-state index is 0.315. The van der Waals surface area contributed by atoms with Crippen LogP contribution < -0.4 is 5.73 Å². The van der Waals surface area contributed by atoms with Crippen LogP contribution in [0.15, 0.2) is 42.5 Å². The van der Waals surface area contributed by atoms with Crippen LogP contribution in [-0.4, -0.2) is 31.2 Å². The fraction of sp³-hybridized carbons (Fsp3) is 0.520. The number of nitrogens with two attached hydrogens (primary N) is 1.